The summed E-state index contributed by atoms with van der Waals surface area (Å²) in [5.41, 5.74) is 1.61. The Labute approximate surface area is 178 Å². The molecule has 10 heteroatoms. The Hall–Kier alpha value is -2.91. The predicted molar refractivity (Wildman–Crippen MR) is 113 cm³/mol. The molecule has 0 bridgehead atoms. The molecule has 1 aromatic heterocycles. The quantitative estimate of drug-likeness (QED) is 0.644. The highest BCUT2D eigenvalue weighted by Crippen LogP contribution is 2.25. The van der Waals surface area contributed by atoms with Crippen LogP contribution in [0.5, 0.6) is 0 Å². The molecule has 8 nitrogen and oxygen atoms in total. The topological polar surface area (TPSA) is 105 Å². The Morgan fingerprint density at radius 1 is 1.13 bits per heavy atom. The van der Waals surface area contributed by atoms with Gasteiger partial charge in [0.05, 0.1) is 23.0 Å². The van der Waals surface area contributed by atoms with Crippen molar-refractivity contribution in [1.82, 2.24) is 15.5 Å². The summed E-state index contributed by atoms with van der Waals surface area (Å²) in [6.07, 6.45) is 1.50. The van der Waals surface area contributed by atoms with Gasteiger partial charge in [-0.1, -0.05) is 28.9 Å². The van der Waals surface area contributed by atoms with E-state index >= 15 is 0 Å². The highest BCUT2D eigenvalue weighted by Gasteiger charge is 2.26. The van der Waals surface area contributed by atoms with Gasteiger partial charge >= 0.3 is 0 Å². The SMILES string of the molecule is O=C(NCc1nc(-c2ccccc2Cl)no1)c1ccc(N2CCCCS2(=O)=O)cc1. The van der Waals surface area contributed by atoms with Gasteiger partial charge in [0.1, 0.15) is 0 Å². The minimum absolute atomic E-state index is 0.0541. The molecular weight excluding hydrogens is 428 g/mol. The third-order valence-electron chi connectivity index (χ3n) is 4.75. The van der Waals surface area contributed by atoms with Crippen molar-refractivity contribution in [1.29, 1.82) is 0 Å². The number of hydrogen-bond acceptors (Lipinski definition) is 6. The molecule has 0 radical (unpaired) electrons. The first-order valence-electron chi connectivity index (χ1n) is 9.40. The van der Waals surface area contributed by atoms with Crippen LogP contribution in [-0.2, 0) is 16.6 Å². The molecule has 30 heavy (non-hydrogen) atoms. The van der Waals surface area contributed by atoms with Gasteiger partial charge in [0.2, 0.25) is 21.7 Å². The predicted octanol–water partition coefficient (Wildman–Crippen LogP) is 3.25. The van der Waals surface area contributed by atoms with Gasteiger partial charge in [0, 0.05) is 17.7 Å². The summed E-state index contributed by atoms with van der Waals surface area (Å²) in [5.74, 6) is 0.405. The van der Waals surface area contributed by atoms with Gasteiger partial charge in [-0.05, 0) is 49.2 Å². The zero-order valence-corrected chi connectivity index (χ0v) is 17.5. The lowest BCUT2D eigenvalue weighted by Crippen LogP contribution is -2.37. The number of halogens is 1. The zero-order valence-electron chi connectivity index (χ0n) is 15.9. The van der Waals surface area contributed by atoms with Crippen molar-refractivity contribution in [2.45, 2.75) is 19.4 Å². The minimum atomic E-state index is -3.28. The first kappa shape index (κ1) is 20.4. The summed E-state index contributed by atoms with van der Waals surface area (Å²) in [7, 11) is -3.28. The van der Waals surface area contributed by atoms with E-state index < -0.39 is 10.0 Å². The number of hydrogen-bond donors (Lipinski definition) is 1. The van der Waals surface area contributed by atoms with Crippen molar-refractivity contribution < 1.29 is 17.7 Å². The third kappa shape index (κ3) is 4.31. The zero-order chi connectivity index (χ0) is 21.1. The van der Waals surface area contributed by atoms with E-state index in [9.17, 15) is 13.2 Å². The average molecular weight is 447 g/mol. The van der Waals surface area contributed by atoms with Crippen LogP contribution in [0.2, 0.25) is 5.02 Å². The number of carbonyl (C=O) groups is 1. The summed E-state index contributed by atoms with van der Waals surface area (Å²) in [5, 5.41) is 7.10. The molecule has 1 saturated heterocycles. The van der Waals surface area contributed by atoms with E-state index in [-0.39, 0.29) is 24.1 Å². The molecule has 1 amide bonds. The van der Waals surface area contributed by atoms with E-state index in [4.69, 9.17) is 16.1 Å². The van der Waals surface area contributed by atoms with E-state index in [1.807, 2.05) is 6.07 Å². The summed E-state index contributed by atoms with van der Waals surface area (Å²) < 4.78 is 31.0. The minimum Gasteiger partial charge on any atom is -0.343 e. The lowest BCUT2D eigenvalue weighted by atomic mass is 10.2. The summed E-state index contributed by atoms with van der Waals surface area (Å²) in [6, 6.07) is 13.6. The fourth-order valence-electron chi connectivity index (χ4n) is 3.19. The maximum Gasteiger partial charge on any atom is 0.251 e. The number of sulfonamides is 1. The van der Waals surface area contributed by atoms with Gasteiger partial charge in [-0.25, -0.2) is 8.42 Å². The molecule has 2 heterocycles. The summed E-state index contributed by atoms with van der Waals surface area (Å²) in [4.78, 5) is 16.7. The molecule has 3 aromatic rings. The number of benzene rings is 2. The number of nitrogens with zero attached hydrogens (tertiary/aromatic N) is 3. The van der Waals surface area contributed by atoms with Gasteiger partial charge in [-0.2, -0.15) is 4.98 Å². The van der Waals surface area contributed by atoms with Gasteiger partial charge in [0.25, 0.3) is 5.91 Å². The first-order chi connectivity index (χ1) is 14.4. The van der Waals surface area contributed by atoms with Crippen LogP contribution in [-0.4, -0.2) is 36.8 Å². The molecule has 1 aliphatic rings. The molecule has 156 valence electrons. The van der Waals surface area contributed by atoms with E-state index in [0.717, 1.165) is 6.42 Å². The second kappa shape index (κ2) is 8.45. The molecule has 2 aromatic carbocycles. The molecule has 0 saturated carbocycles. The Balaban J connectivity index is 1.40. The Morgan fingerprint density at radius 2 is 1.90 bits per heavy atom. The molecule has 4 rings (SSSR count). The lowest BCUT2D eigenvalue weighted by Gasteiger charge is -2.28. The van der Waals surface area contributed by atoms with Gasteiger partial charge in [-0.15, -0.1) is 0 Å². The van der Waals surface area contributed by atoms with Gasteiger partial charge in [-0.3, -0.25) is 9.10 Å². The van der Waals surface area contributed by atoms with E-state index in [1.165, 1.54) is 4.31 Å². The van der Waals surface area contributed by atoms with Crippen molar-refractivity contribution in [3.63, 3.8) is 0 Å². The van der Waals surface area contributed by atoms with Crippen LogP contribution in [0, 0.1) is 0 Å². The smallest absolute Gasteiger partial charge is 0.251 e. The monoisotopic (exact) mass is 446 g/mol. The van der Waals surface area contributed by atoms with Crippen LogP contribution >= 0.6 is 11.6 Å². The molecule has 0 unspecified atom stereocenters. The number of nitrogens with one attached hydrogen (secondary N) is 1. The van der Waals surface area contributed by atoms with Gasteiger partial charge in [0.15, 0.2) is 0 Å². The van der Waals surface area contributed by atoms with Crippen molar-refractivity contribution >= 4 is 33.2 Å². The van der Waals surface area contributed by atoms with Crippen LogP contribution < -0.4 is 9.62 Å². The second-order valence-corrected chi connectivity index (χ2v) is 9.24. The van der Waals surface area contributed by atoms with Crippen LogP contribution in [0.25, 0.3) is 11.4 Å². The second-order valence-electron chi connectivity index (χ2n) is 6.82. The van der Waals surface area contributed by atoms with Crippen LogP contribution in [0.4, 0.5) is 5.69 Å². The molecule has 1 fully saturated rings. The molecule has 1 N–H and O–H groups in total. The summed E-state index contributed by atoms with van der Waals surface area (Å²) >= 11 is 6.13. The lowest BCUT2D eigenvalue weighted by molar-refractivity contribution is 0.0946. The molecule has 0 atom stereocenters. The van der Waals surface area contributed by atoms with E-state index in [1.54, 1.807) is 42.5 Å². The van der Waals surface area contributed by atoms with Crippen LogP contribution in [0.1, 0.15) is 29.1 Å². The number of carbonyl (C=O) groups excluding carboxylic acids is 1. The van der Waals surface area contributed by atoms with Gasteiger partial charge < -0.3 is 9.84 Å². The summed E-state index contributed by atoms with van der Waals surface area (Å²) in [6.45, 7) is 0.511. The normalized spacial score (nSPS) is 15.7. The van der Waals surface area contributed by atoms with Crippen molar-refractivity contribution in [3.8, 4) is 11.4 Å². The van der Waals surface area contributed by atoms with Crippen molar-refractivity contribution in [2.24, 2.45) is 0 Å². The van der Waals surface area contributed by atoms with E-state index in [0.29, 0.717) is 40.6 Å². The Morgan fingerprint density at radius 3 is 2.63 bits per heavy atom. The average Bonchev–Trinajstić information content (AvgIpc) is 3.21. The number of amides is 1. The van der Waals surface area contributed by atoms with E-state index in [2.05, 4.69) is 15.5 Å². The van der Waals surface area contributed by atoms with Crippen molar-refractivity contribution in [3.05, 3.63) is 65.0 Å². The number of anilines is 1. The maximum atomic E-state index is 12.4. The Kier molecular flexibility index (Phi) is 5.74. The molecule has 0 spiro atoms. The molecule has 0 aliphatic carbocycles. The molecular formula is C20H19ClN4O4S. The van der Waals surface area contributed by atoms with Crippen LogP contribution in [0.15, 0.2) is 53.1 Å². The van der Waals surface area contributed by atoms with Crippen LogP contribution in [0.3, 0.4) is 0 Å². The fourth-order valence-corrected chi connectivity index (χ4v) is 5.05. The largest absolute Gasteiger partial charge is 0.343 e. The first-order valence-corrected chi connectivity index (χ1v) is 11.4. The highest BCUT2D eigenvalue weighted by atomic mass is 35.5. The Bertz CT molecular complexity index is 1160. The maximum absolute atomic E-state index is 12.4. The fraction of sp³-hybridized carbons (Fsp3) is 0.250. The molecule has 1 aliphatic heterocycles. The highest BCUT2D eigenvalue weighted by molar-refractivity contribution is 7.92. The third-order valence-corrected chi connectivity index (χ3v) is 6.95. The van der Waals surface area contributed by atoms with Crippen molar-refractivity contribution in [2.75, 3.05) is 16.6 Å². The number of aromatic nitrogens is 2. The number of rotatable bonds is 5. The standard InChI is InChI=1S/C20H19ClN4O4S/c21-17-6-2-1-5-16(17)19-23-18(29-24-19)13-22-20(26)14-7-9-15(10-8-14)25-11-3-4-12-30(25,27)28/h1-2,5-10H,3-4,11-13H2,(H,22,26).